The lowest BCUT2D eigenvalue weighted by Gasteiger charge is -2.13. The Morgan fingerprint density at radius 1 is 1.38 bits per heavy atom. The number of methoxy groups -OCH3 is 1. The summed E-state index contributed by atoms with van der Waals surface area (Å²) in [5, 5.41) is 0. The molecule has 0 bridgehead atoms. The van der Waals surface area contributed by atoms with E-state index in [4.69, 9.17) is 0 Å². The van der Waals surface area contributed by atoms with Gasteiger partial charge in [-0.3, -0.25) is 9.59 Å². The highest BCUT2D eigenvalue weighted by molar-refractivity contribution is 5.42. The normalized spacial score (nSPS) is 12.9. The van der Waals surface area contributed by atoms with Gasteiger partial charge in [-0.25, -0.2) is 0 Å². The van der Waals surface area contributed by atoms with Gasteiger partial charge in [0.15, 0.2) is 11.9 Å². The zero-order valence-corrected chi connectivity index (χ0v) is 7.56. The molecular formula is C8H12O5. The number of hydrogen-bond acceptors (Lipinski definition) is 5. The lowest BCUT2D eigenvalue weighted by Crippen LogP contribution is -2.16. The molecule has 0 rings (SSSR count). The maximum Gasteiger partial charge on any atom is 0.298 e. The third kappa shape index (κ3) is 4.15. The smallest absolute Gasteiger partial charge is 0.298 e. The van der Waals surface area contributed by atoms with Crippen LogP contribution in [0, 0.1) is 0 Å². The third-order valence-corrected chi connectivity index (χ3v) is 1.33. The van der Waals surface area contributed by atoms with Crippen molar-refractivity contribution in [1.29, 1.82) is 0 Å². The van der Waals surface area contributed by atoms with E-state index < -0.39 is 6.10 Å². The summed E-state index contributed by atoms with van der Waals surface area (Å²) < 4.78 is 13.8. The second kappa shape index (κ2) is 7.15. The fourth-order valence-electron chi connectivity index (χ4n) is 0.783. The minimum absolute atomic E-state index is 0.173. The van der Waals surface area contributed by atoms with Gasteiger partial charge in [-0.05, 0) is 6.42 Å². The zero-order valence-electron chi connectivity index (χ0n) is 7.56. The molecule has 0 heterocycles. The van der Waals surface area contributed by atoms with E-state index in [1.165, 1.54) is 13.4 Å². The highest BCUT2D eigenvalue weighted by Gasteiger charge is 2.15. The molecular weight excluding hydrogens is 176 g/mol. The third-order valence-electron chi connectivity index (χ3n) is 1.33. The SMILES string of the molecule is CCC(OC=O)/C(=C/OC)OC=O. The highest BCUT2D eigenvalue weighted by Crippen LogP contribution is 2.10. The molecule has 1 unspecified atom stereocenters. The van der Waals surface area contributed by atoms with Gasteiger partial charge in [-0.15, -0.1) is 0 Å². The summed E-state index contributed by atoms with van der Waals surface area (Å²) in [5.41, 5.74) is 0. The lowest BCUT2D eigenvalue weighted by atomic mass is 10.2. The van der Waals surface area contributed by atoms with E-state index in [-0.39, 0.29) is 12.2 Å². The molecule has 0 aliphatic carbocycles. The molecule has 0 saturated heterocycles. The first-order valence-electron chi connectivity index (χ1n) is 3.72. The predicted octanol–water partition coefficient (Wildman–Crippen LogP) is 0.599. The Hall–Kier alpha value is -1.52. The largest absolute Gasteiger partial charge is 0.501 e. The molecule has 74 valence electrons. The van der Waals surface area contributed by atoms with Crippen LogP contribution in [0.15, 0.2) is 12.0 Å². The molecule has 5 heteroatoms. The van der Waals surface area contributed by atoms with Gasteiger partial charge in [-0.2, -0.15) is 0 Å². The Balaban J connectivity index is 4.36. The Kier molecular flexibility index (Phi) is 6.31. The summed E-state index contributed by atoms with van der Waals surface area (Å²) in [7, 11) is 1.40. The first-order valence-corrected chi connectivity index (χ1v) is 3.72. The molecule has 1 atom stereocenters. The standard InChI is InChI=1S/C8H12O5/c1-3-7(12-5-9)8(4-11-2)13-6-10/h4-7H,3H2,1-2H3/b8-4-. The van der Waals surface area contributed by atoms with Crippen LogP contribution in [0.4, 0.5) is 0 Å². The van der Waals surface area contributed by atoms with Gasteiger partial charge in [0.25, 0.3) is 12.9 Å². The van der Waals surface area contributed by atoms with Crippen molar-refractivity contribution in [3.05, 3.63) is 12.0 Å². The van der Waals surface area contributed by atoms with E-state index >= 15 is 0 Å². The van der Waals surface area contributed by atoms with Gasteiger partial charge in [-0.1, -0.05) is 6.92 Å². The molecule has 0 aliphatic heterocycles. The highest BCUT2D eigenvalue weighted by atomic mass is 16.6. The van der Waals surface area contributed by atoms with Crippen LogP contribution in [0.1, 0.15) is 13.3 Å². The van der Waals surface area contributed by atoms with Crippen molar-refractivity contribution in [1.82, 2.24) is 0 Å². The van der Waals surface area contributed by atoms with E-state index in [2.05, 4.69) is 14.2 Å². The van der Waals surface area contributed by atoms with Crippen LogP contribution in [0.2, 0.25) is 0 Å². The Morgan fingerprint density at radius 3 is 2.46 bits per heavy atom. The van der Waals surface area contributed by atoms with Crippen molar-refractivity contribution >= 4 is 12.9 Å². The van der Waals surface area contributed by atoms with Gasteiger partial charge in [0.2, 0.25) is 0 Å². The van der Waals surface area contributed by atoms with Crippen molar-refractivity contribution in [2.45, 2.75) is 19.4 Å². The van der Waals surface area contributed by atoms with Gasteiger partial charge in [0, 0.05) is 0 Å². The topological polar surface area (TPSA) is 61.8 Å². The van der Waals surface area contributed by atoms with Crippen LogP contribution < -0.4 is 0 Å². The first-order chi connectivity index (χ1) is 6.29. The molecule has 0 radical (unpaired) electrons. The van der Waals surface area contributed by atoms with Crippen LogP contribution in [0.25, 0.3) is 0 Å². The minimum atomic E-state index is -0.581. The second-order valence-electron chi connectivity index (χ2n) is 2.10. The van der Waals surface area contributed by atoms with Crippen LogP contribution in [-0.4, -0.2) is 26.2 Å². The maximum atomic E-state index is 10.1. The monoisotopic (exact) mass is 188 g/mol. The van der Waals surface area contributed by atoms with Crippen LogP contribution in [0.3, 0.4) is 0 Å². The van der Waals surface area contributed by atoms with Crippen molar-refractivity contribution in [2.75, 3.05) is 7.11 Å². The number of carbonyl (C=O) groups excluding carboxylic acids is 2. The fourth-order valence-corrected chi connectivity index (χ4v) is 0.783. The molecule has 0 aliphatic rings. The molecule has 13 heavy (non-hydrogen) atoms. The number of carbonyl (C=O) groups is 2. The summed E-state index contributed by atoms with van der Waals surface area (Å²) in [5.74, 6) is 0.173. The van der Waals surface area contributed by atoms with Crippen LogP contribution in [0.5, 0.6) is 0 Å². The van der Waals surface area contributed by atoms with Gasteiger partial charge >= 0.3 is 0 Å². The van der Waals surface area contributed by atoms with Crippen molar-refractivity contribution in [3.8, 4) is 0 Å². The summed E-state index contributed by atoms with van der Waals surface area (Å²) in [4.78, 5) is 20.1. The predicted molar refractivity (Wildman–Crippen MR) is 43.5 cm³/mol. The summed E-state index contributed by atoms with van der Waals surface area (Å²) in [6, 6.07) is 0. The van der Waals surface area contributed by atoms with Crippen LogP contribution in [-0.2, 0) is 23.8 Å². The summed E-state index contributed by atoms with van der Waals surface area (Å²) in [6.45, 7) is 2.33. The molecule has 0 N–H and O–H groups in total. The van der Waals surface area contributed by atoms with E-state index in [0.717, 1.165) is 0 Å². The van der Waals surface area contributed by atoms with Gasteiger partial charge in [0.1, 0.15) is 6.26 Å². The Bertz CT molecular complexity index is 187. The van der Waals surface area contributed by atoms with Gasteiger partial charge < -0.3 is 14.2 Å². The van der Waals surface area contributed by atoms with Gasteiger partial charge in [0.05, 0.1) is 7.11 Å². The summed E-state index contributed by atoms with van der Waals surface area (Å²) in [6.07, 6.45) is 1.14. The Morgan fingerprint density at radius 2 is 2.08 bits per heavy atom. The van der Waals surface area contributed by atoms with E-state index in [0.29, 0.717) is 12.9 Å². The van der Waals surface area contributed by atoms with E-state index in [1.54, 1.807) is 6.92 Å². The average Bonchev–Trinajstić information content (AvgIpc) is 2.14. The molecule has 0 aromatic rings. The molecule has 0 amide bonds. The number of rotatable bonds is 7. The van der Waals surface area contributed by atoms with E-state index in [1.807, 2.05) is 0 Å². The first kappa shape index (κ1) is 11.5. The van der Waals surface area contributed by atoms with Crippen molar-refractivity contribution in [2.24, 2.45) is 0 Å². The average molecular weight is 188 g/mol. The molecule has 0 spiro atoms. The van der Waals surface area contributed by atoms with Crippen molar-refractivity contribution < 1.29 is 23.8 Å². The maximum absolute atomic E-state index is 10.1. The second-order valence-corrected chi connectivity index (χ2v) is 2.10. The van der Waals surface area contributed by atoms with E-state index in [9.17, 15) is 9.59 Å². The lowest BCUT2D eigenvalue weighted by molar-refractivity contribution is -0.137. The zero-order chi connectivity index (χ0) is 10.1. The fraction of sp³-hybridized carbons (Fsp3) is 0.500. The molecule has 0 saturated carbocycles. The Labute approximate surface area is 76.3 Å². The molecule has 0 aromatic carbocycles. The van der Waals surface area contributed by atoms with Crippen molar-refractivity contribution in [3.63, 3.8) is 0 Å². The minimum Gasteiger partial charge on any atom is -0.501 e. The molecule has 0 aromatic heterocycles. The molecule has 0 fully saturated rings. The summed E-state index contributed by atoms with van der Waals surface area (Å²) >= 11 is 0. The number of hydrogen-bond donors (Lipinski definition) is 0. The molecule has 5 nitrogen and oxygen atoms in total. The van der Waals surface area contributed by atoms with Crippen LogP contribution >= 0.6 is 0 Å². The quantitative estimate of drug-likeness (QED) is 0.432. The number of ether oxygens (including phenoxy) is 3.